The van der Waals surface area contributed by atoms with Gasteiger partial charge in [0.05, 0.1) is 31.3 Å². The molecule has 2 heterocycles. The molecule has 3 rings (SSSR count). The monoisotopic (exact) mass is 368 g/mol. The minimum Gasteiger partial charge on any atom is -0.464 e. The first-order valence-corrected chi connectivity index (χ1v) is 9.63. The van der Waals surface area contributed by atoms with E-state index < -0.39 is 0 Å². The Morgan fingerprint density at radius 2 is 2.19 bits per heavy atom. The van der Waals surface area contributed by atoms with Crippen LogP contribution in [0.1, 0.15) is 60.6 Å². The van der Waals surface area contributed by atoms with Crippen LogP contribution in [0.25, 0.3) is 0 Å². The zero-order chi connectivity index (χ0) is 19.6. The first-order valence-electron chi connectivity index (χ1n) is 9.63. The highest BCUT2D eigenvalue weighted by atomic mass is 16.3. The molecule has 0 N–H and O–H groups in total. The van der Waals surface area contributed by atoms with Crippen LogP contribution >= 0.6 is 0 Å². The van der Waals surface area contributed by atoms with E-state index in [1.165, 1.54) is 6.42 Å². The number of nitriles is 1. The zero-order valence-electron chi connectivity index (χ0n) is 16.7. The highest BCUT2D eigenvalue weighted by Crippen LogP contribution is 2.47. The summed E-state index contributed by atoms with van der Waals surface area (Å²) in [4.78, 5) is 14.3. The summed E-state index contributed by atoms with van der Waals surface area (Å²) in [5.41, 5.74) is 3.10. The fraction of sp³-hybridized carbons (Fsp3) is 0.571. The van der Waals surface area contributed by atoms with Crippen molar-refractivity contribution in [2.24, 2.45) is 5.92 Å². The van der Waals surface area contributed by atoms with Gasteiger partial charge in [-0.25, -0.2) is 0 Å². The van der Waals surface area contributed by atoms with E-state index in [1.54, 1.807) is 4.90 Å². The predicted molar refractivity (Wildman–Crippen MR) is 102 cm³/mol. The standard InChI is InChI=1S/C21H28N4O2/c1-14-12-19(14)20-8-6-17(27-20)13-24(4)21(26)9-7-18-15(2)23-25(16(18)3)11-5-10-22/h6,8,14,19H,5,7,9,11-13H2,1-4H3/t14-,19-/m1/s1. The molecule has 144 valence electrons. The second kappa shape index (κ2) is 7.99. The molecule has 0 radical (unpaired) electrons. The molecule has 1 amide bonds. The van der Waals surface area contributed by atoms with Crippen molar-refractivity contribution >= 4 is 5.91 Å². The number of aryl methyl sites for hydroxylation is 2. The topological polar surface area (TPSA) is 75.1 Å². The maximum atomic E-state index is 12.5. The highest BCUT2D eigenvalue weighted by Gasteiger charge is 2.36. The Kier molecular flexibility index (Phi) is 5.69. The Bertz CT molecular complexity index is 858. The van der Waals surface area contributed by atoms with Gasteiger partial charge in [0.15, 0.2) is 0 Å². The fourth-order valence-electron chi connectivity index (χ4n) is 3.61. The van der Waals surface area contributed by atoms with Crippen LogP contribution in [-0.4, -0.2) is 27.6 Å². The van der Waals surface area contributed by atoms with Crippen molar-refractivity contribution in [1.29, 1.82) is 5.26 Å². The molecule has 27 heavy (non-hydrogen) atoms. The molecule has 1 saturated carbocycles. The van der Waals surface area contributed by atoms with Gasteiger partial charge < -0.3 is 9.32 Å². The fourth-order valence-corrected chi connectivity index (χ4v) is 3.61. The molecule has 0 saturated heterocycles. The van der Waals surface area contributed by atoms with Gasteiger partial charge in [0.2, 0.25) is 5.91 Å². The third kappa shape index (κ3) is 4.41. The average molecular weight is 368 g/mol. The second-order valence-electron chi connectivity index (χ2n) is 7.65. The van der Waals surface area contributed by atoms with Gasteiger partial charge in [-0.05, 0) is 50.3 Å². The predicted octanol–water partition coefficient (Wildman–Crippen LogP) is 3.72. The van der Waals surface area contributed by atoms with Gasteiger partial charge in [-0.1, -0.05) is 6.92 Å². The van der Waals surface area contributed by atoms with Crippen LogP contribution in [0.4, 0.5) is 0 Å². The molecule has 2 aromatic heterocycles. The minimum atomic E-state index is 0.0938. The summed E-state index contributed by atoms with van der Waals surface area (Å²) in [6.45, 7) is 7.29. The van der Waals surface area contributed by atoms with E-state index in [2.05, 4.69) is 18.1 Å². The molecule has 2 atom stereocenters. The Labute approximate surface area is 160 Å². The average Bonchev–Trinajstić information content (AvgIpc) is 3.07. The van der Waals surface area contributed by atoms with E-state index in [1.807, 2.05) is 37.7 Å². The number of aromatic nitrogens is 2. The minimum absolute atomic E-state index is 0.0938. The molecule has 1 aliphatic rings. The van der Waals surface area contributed by atoms with Gasteiger partial charge in [-0.3, -0.25) is 9.48 Å². The third-order valence-electron chi connectivity index (χ3n) is 5.53. The van der Waals surface area contributed by atoms with Crippen LogP contribution in [0.15, 0.2) is 16.5 Å². The summed E-state index contributed by atoms with van der Waals surface area (Å²) in [5.74, 6) is 3.26. The van der Waals surface area contributed by atoms with E-state index in [4.69, 9.17) is 9.68 Å². The first-order chi connectivity index (χ1) is 12.9. The smallest absolute Gasteiger partial charge is 0.223 e. The molecule has 0 spiro atoms. The largest absolute Gasteiger partial charge is 0.464 e. The van der Waals surface area contributed by atoms with Crippen molar-refractivity contribution < 1.29 is 9.21 Å². The van der Waals surface area contributed by atoms with Crippen molar-refractivity contribution in [2.75, 3.05) is 7.05 Å². The van der Waals surface area contributed by atoms with Gasteiger partial charge in [-0.2, -0.15) is 10.4 Å². The number of rotatable bonds is 8. The number of hydrogen-bond donors (Lipinski definition) is 0. The van der Waals surface area contributed by atoms with E-state index >= 15 is 0 Å². The number of carbonyl (C=O) groups is 1. The Morgan fingerprint density at radius 3 is 2.85 bits per heavy atom. The first kappa shape index (κ1) is 19.2. The lowest BCUT2D eigenvalue weighted by Gasteiger charge is -2.16. The maximum absolute atomic E-state index is 12.5. The van der Waals surface area contributed by atoms with Crippen LogP contribution in [0.5, 0.6) is 0 Å². The zero-order valence-corrected chi connectivity index (χ0v) is 16.7. The molecule has 0 bridgehead atoms. The Balaban J connectivity index is 1.53. The van der Waals surface area contributed by atoms with E-state index in [-0.39, 0.29) is 5.91 Å². The van der Waals surface area contributed by atoms with Crippen LogP contribution in [-0.2, 0) is 24.3 Å². The summed E-state index contributed by atoms with van der Waals surface area (Å²) in [7, 11) is 1.82. The lowest BCUT2D eigenvalue weighted by molar-refractivity contribution is -0.130. The van der Waals surface area contributed by atoms with Crippen LogP contribution < -0.4 is 0 Å². The number of furan rings is 1. The van der Waals surface area contributed by atoms with Crippen molar-refractivity contribution in [3.8, 4) is 6.07 Å². The quantitative estimate of drug-likeness (QED) is 0.712. The van der Waals surface area contributed by atoms with Gasteiger partial charge in [0, 0.05) is 25.1 Å². The lowest BCUT2D eigenvalue weighted by atomic mass is 10.1. The van der Waals surface area contributed by atoms with Gasteiger partial charge in [0.25, 0.3) is 0 Å². The molecule has 1 fully saturated rings. The van der Waals surface area contributed by atoms with Crippen molar-refractivity contribution in [2.45, 2.75) is 65.5 Å². The SMILES string of the molecule is Cc1nn(CCC#N)c(C)c1CCC(=O)N(C)Cc1ccc([C@@H]2C[C@H]2C)o1. The second-order valence-corrected chi connectivity index (χ2v) is 7.65. The summed E-state index contributed by atoms with van der Waals surface area (Å²) >= 11 is 0. The number of nitrogens with zero attached hydrogens (tertiary/aromatic N) is 4. The molecular weight excluding hydrogens is 340 g/mol. The molecule has 6 nitrogen and oxygen atoms in total. The van der Waals surface area contributed by atoms with Crippen LogP contribution in [0.3, 0.4) is 0 Å². The van der Waals surface area contributed by atoms with Gasteiger partial charge >= 0.3 is 0 Å². The summed E-state index contributed by atoms with van der Waals surface area (Å²) < 4.78 is 7.77. The van der Waals surface area contributed by atoms with Crippen LogP contribution in [0, 0.1) is 31.1 Å². The van der Waals surface area contributed by atoms with Crippen molar-refractivity contribution in [3.63, 3.8) is 0 Å². The summed E-state index contributed by atoms with van der Waals surface area (Å²) in [6, 6.07) is 6.17. The van der Waals surface area contributed by atoms with E-state index in [9.17, 15) is 4.79 Å². The third-order valence-corrected chi connectivity index (χ3v) is 5.53. The number of hydrogen-bond acceptors (Lipinski definition) is 4. The van der Waals surface area contributed by atoms with Crippen molar-refractivity contribution in [3.05, 3.63) is 40.6 Å². The summed E-state index contributed by atoms with van der Waals surface area (Å²) in [6.07, 6.45) is 2.74. The molecule has 0 aromatic carbocycles. The molecule has 0 aliphatic heterocycles. The van der Waals surface area contributed by atoms with E-state index in [0.29, 0.717) is 44.2 Å². The molecular formula is C21H28N4O2. The Morgan fingerprint density at radius 1 is 1.44 bits per heavy atom. The maximum Gasteiger partial charge on any atom is 0.223 e. The molecule has 2 aromatic rings. The summed E-state index contributed by atoms with van der Waals surface area (Å²) in [5, 5.41) is 13.2. The number of amides is 1. The molecule has 6 heteroatoms. The normalized spacial score (nSPS) is 18.3. The van der Waals surface area contributed by atoms with Gasteiger partial charge in [-0.15, -0.1) is 0 Å². The molecule has 0 unspecified atom stereocenters. The van der Waals surface area contributed by atoms with Crippen LogP contribution in [0.2, 0.25) is 0 Å². The molecule has 1 aliphatic carbocycles. The lowest BCUT2D eigenvalue weighted by Crippen LogP contribution is -2.26. The van der Waals surface area contributed by atoms with Gasteiger partial charge in [0.1, 0.15) is 11.5 Å². The van der Waals surface area contributed by atoms with Crippen molar-refractivity contribution in [1.82, 2.24) is 14.7 Å². The number of carbonyl (C=O) groups excluding carboxylic acids is 1. The Hall–Kier alpha value is -2.55. The van der Waals surface area contributed by atoms with E-state index in [0.717, 1.165) is 28.5 Å². The highest BCUT2D eigenvalue weighted by molar-refractivity contribution is 5.76.